The van der Waals surface area contributed by atoms with Crippen molar-refractivity contribution in [2.45, 2.75) is 26.7 Å². The zero-order valence-electron chi connectivity index (χ0n) is 14.7. The smallest absolute Gasteiger partial charge is 0.224 e. The lowest BCUT2D eigenvalue weighted by Crippen LogP contribution is -2.17. The maximum Gasteiger partial charge on any atom is 0.224 e. The summed E-state index contributed by atoms with van der Waals surface area (Å²) in [6, 6.07) is 15.8. The van der Waals surface area contributed by atoms with Crippen molar-refractivity contribution in [2.24, 2.45) is 0 Å². The number of rotatable bonds is 8. The van der Waals surface area contributed by atoms with Crippen molar-refractivity contribution in [3.63, 3.8) is 0 Å². The number of carbonyl (C=O) groups is 1. The lowest BCUT2D eigenvalue weighted by Gasteiger charge is -2.17. The molecule has 0 unspecified atom stereocenters. The minimum Gasteiger partial charge on any atom is -0.493 e. The van der Waals surface area contributed by atoms with Crippen LogP contribution in [0.2, 0.25) is 0 Å². The second kappa shape index (κ2) is 8.96. The van der Waals surface area contributed by atoms with Crippen molar-refractivity contribution in [1.82, 2.24) is 0 Å². The van der Waals surface area contributed by atoms with Gasteiger partial charge >= 0.3 is 0 Å². The average molecular weight is 326 g/mol. The van der Waals surface area contributed by atoms with E-state index in [-0.39, 0.29) is 5.91 Å². The fraction of sp³-hybridized carbons (Fsp3) is 0.350. The van der Waals surface area contributed by atoms with Gasteiger partial charge in [0.15, 0.2) is 0 Å². The molecule has 0 aliphatic heterocycles. The zero-order valence-corrected chi connectivity index (χ0v) is 14.7. The lowest BCUT2D eigenvalue weighted by molar-refractivity contribution is -0.116. The number of para-hydroxylation sites is 1. The van der Waals surface area contributed by atoms with E-state index in [0.717, 1.165) is 29.2 Å². The van der Waals surface area contributed by atoms with Gasteiger partial charge in [-0.1, -0.05) is 24.3 Å². The maximum atomic E-state index is 12.1. The van der Waals surface area contributed by atoms with Crippen LogP contribution in [0.1, 0.15) is 25.3 Å². The van der Waals surface area contributed by atoms with Gasteiger partial charge in [-0.2, -0.15) is 0 Å². The van der Waals surface area contributed by atoms with E-state index in [1.165, 1.54) is 0 Å². The minimum atomic E-state index is 0.0136. The number of nitrogens with zero attached hydrogens (tertiary/aromatic N) is 1. The summed E-state index contributed by atoms with van der Waals surface area (Å²) in [5.41, 5.74) is 3.04. The fourth-order valence-electron chi connectivity index (χ4n) is 2.36. The molecule has 0 atom stereocenters. The van der Waals surface area contributed by atoms with Crippen molar-refractivity contribution in [3.05, 3.63) is 54.1 Å². The summed E-state index contributed by atoms with van der Waals surface area (Å²) in [7, 11) is 2.03. The molecule has 0 spiro atoms. The first-order chi connectivity index (χ1) is 11.6. The molecular weight excluding hydrogens is 300 g/mol. The molecule has 0 bridgehead atoms. The zero-order chi connectivity index (χ0) is 17.4. The molecule has 24 heavy (non-hydrogen) atoms. The van der Waals surface area contributed by atoms with Crippen molar-refractivity contribution < 1.29 is 9.53 Å². The van der Waals surface area contributed by atoms with Gasteiger partial charge in [0.1, 0.15) is 5.75 Å². The number of amides is 1. The van der Waals surface area contributed by atoms with E-state index in [0.29, 0.717) is 19.4 Å². The number of ether oxygens (including phenoxy) is 1. The summed E-state index contributed by atoms with van der Waals surface area (Å²) >= 11 is 0. The molecule has 0 heterocycles. The number of nitrogens with one attached hydrogen (secondary N) is 1. The van der Waals surface area contributed by atoms with E-state index in [4.69, 9.17) is 4.74 Å². The standard InChI is InChI=1S/C20H26N2O2/c1-4-22(3)18-11-7-10-17(15-18)21-20(23)13-8-14-24-19-12-6-5-9-16(19)2/h5-7,9-12,15H,4,8,13-14H2,1-3H3,(H,21,23). The largest absolute Gasteiger partial charge is 0.493 e. The van der Waals surface area contributed by atoms with Gasteiger partial charge in [0.2, 0.25) is 5.91 Å². The molecule has 128 valence electrons. The van der Waals surface area contributed by atoms with Crippen LogP contribution in [0.4, 0.5) is 11.4 Å². The van der Waals surface area contributed by atoms with Gasteiger partial charge < -0.3 is 15.0 Å². The molecule has 4 heteroatoms. The Morgan fingerprint density at radius 2 is 1.96 bits per heavy atom. The molecule has 4 nitrogen and oxygen atoms in total. The molecule has 1 N–H and O–H groups in total. The first kappa shape index (κ1) is 17.9. The normalized spacial score (nSPS) is 10.3. The summed E-state index contributed by atoms with van der Waals surface area (Å²) in [5, 5.41) is 2.95. The van der Waals surface area contributed by atoms with Gasteiger partial charge in [0.25, 0.3) is 0 Å². The van der Waals surface area contributed by atoms with Gasteiger partial charge in [-0.05, 0) is 50.1 Å². The van der Waals surface area contributed by atoms with E-state index in [1.54, 1.807) is 0 Å². The van der Waals surface area contributed by atoms with E-state index in [9.17, 15) is 4.79 Å². The molecule has 0 fully saturated rings. The van der Waals surface area contributed by atoms with Crippen LogP contribution >= 0.6 is 0 Å². The van der Waals surface area contributed by atoms with Crippen molar-refractivity contribution in [1.29, 1.82) is 0 Å². The van der Waals surface area contributed by atoms with Crippen molar-refractivity contribution in [2.75, 3.05) is 30.4 Å². The highest BCUT2D eigenvalue weighted by Crippen LogP contribution is 2.19. The topological polar surface area (TPSA) is 41.6 Å². The molecule has 0 aromatic heterocycles. The predicted octanol–water partition coefficient (Wildman–Crippen LogP) is 4.25. The van der Waals surface area contributed by atoms with E-state index in [2.05, 4.69) is 17.1 Å². The average Bonchev–Trinajstić information content (AvgIpc) is 2.59. The Hall–Kier alpha value is -2.49. The van der Waals surface area contributed by atoms with E-state index < -0.39 is 0 Å². The molecular formula is C20H26N2O2. The van der Waals surface area contributed by atoms with Crippen LogP contribution in [-0.2, 0) is 4.79 Å². The monoisotopic (exact) mass is 326 g/mol. The number of carbonyl (C=O) groups excluding carboxylic acids is 1. The van der Waals surface area contributed by atoms with Gasteiger partial charge in [0.05, 0.1) is 6.61 Å². The molecule has 0 aliphatic rings. The summed E-state index contributed by atoms with van der Waals surface area (Å²) in [4.78, 5) is 14.2. The first-order valence-corrected chi connectivity index (χ1v) is 8.39. The molecule has 1 amide bonds. The van der Waals surface area contributed by atoms with Crippen LogP contribution in [0.15, 0.2) is 48.5 Å². The summed E-state index contributed by atoms with van der Waals surface area (Å²) in [5.74, 6) is 0.896. The maximum absolute atomic E-state index is 12.1. The second-order valence-electron chi connectivity index (χ2n) is 5.83. The number of hydrogen-bond acceptors (Lipinski definition) is 3. The third-order valence-corrected chi connectivity index (χ3v) is 3.94. The molecule has 0 saturated carbocycles. The highest BCUT2D eigenvalue weighted by Gasteiger charge is 2.05. The van der Waals surface area contributed by atoms with Crippen LogP contribution < -0.4 is 15.0 Å². The number of aryl methyl sites for hydroxylation is 1. The molecule has 2 rings (SSSR count). The van der Waals surface area contributed by atoms with Gasteiger partial charge in [-0.25, -0.2) is 0 Å². The summed E-state index contributed by atoms with van der Waals surface area (Å²) in [6.45, 7) is 5.58. The Kier molecular flexibility index (Phi) is 6.67. The van der Waals surface area contributed by atoms with Crippen LogP contribution in [0, 0.1) is 6.92 Å². The summed E-state index contributed by atoms with van der Waals surface area (Å²) in [6.07, 6.45) is 1.13. The Morgan fingerprint density at radius 1 is 1.17 bits per heavy atom. The Bertz CT molecular complexity index is 670. The number of hydrogen-bond donors (Lipinski definition) is 1. The van der Waals surface area contributed by atoms with Gasteiger partial charge in [-0.15, -0.1) is 0 Å². The van der Waals surface area contributed by atoms with Gasteiger partial charge in [-0.3, -0.25) is 4.79 Å². The van der Waals surface area contributed by atoms with Crippen molar-refractivity contribution in [3.8, 4) is 5.75 Å². The van der Waals surface area contributed by atoms with E-state index in [1.807, 2.05) is 62.5 Å². The van der Waals surface area contributed by atoms with Crippen LogP contribution in [0.25, 0.3) is 0 Å². The Balaban J connectivity index is 1.76. The predicted molar refractivity (Wildman–Crippen MR) is 99.9 cm³/mol. The molecule has 2 aromatic rings. The fourth-order valence-corrected chi connectivity index (χ4v) is 2.36. The number of anilines is 2. The van der Waals surface area contributed by atoms with Crippen LogP contribution in [-0.4, -0.2) is 26.1 Å². The molecule has 2 aromatic carbocycles. The first-order valence-electron chi connectivity index (χ1n) is 8.39. The van der Waals surface area contributed by atoms with Gasteiger partial charge in [0, 0.05) is 31.4 Å². The lowest BCUT2D eigenvalue weighted by atomic mass is 10.2. The third kappa shape index (κ3) is 5.30. The second-order valence-corrected chi connectivity index (χ2v) is 5.83. The minimum absolute atomic E-state index is 0.0136. The van der Waals surface area contributed by atoms with Crippen LogP contribution in [0.5, 0.6) is 5.75 Å². The molecule has 0 saturated heterocycles. The highest BCUT2D eigenvalue weighted by atomic mass is 16.5. The Morgan fingerprint density at radius 3 is 2.71 bits per heavy atom. The SMILES string of the molecule is CCN(C)c1cccc(NC(=O)CCCOc2ccccc2C)c1. The molecule has 0 aliphatic carbocycles. The Labute approximate surface area is 144 Å². The van der Waals surface area contributed by atoms with E-state index >= 15 is 0 Å². The quantitative estimate of drug-likeness (QED) is 0.737. The van der Waals surface area contributed by atoms with Crippen molar-refractivity contribution >= 4 is 17.3 Å². The molecule has 0 radical (unpaired) electrons. The van der Waals surface area contributed by atoms with Crippen LogP contribution in [0.3, 0.4) is 0 Å². The third-order valence-electron chi connectivity index (χ3n) is 3.94. The summed E-state index contributed by atoms with van der Waals surface area (Å²) < 4.78 is 5.72. The number of benzene rings is 2. The highest BCUT2D eigenvalue weighted by molar-refractivity contribution is 5.91.